The van der Waals surface area contributed by atoms with Gasteiger partial charge < -0.3 is 4.43 Å². The van der Waals surface area contributed by atoms with Gasteiger partial charge in [-0.15, -0.1) is 0 Å². The summed E-state index contributed by atoms with van der Waals surface area (Å²) in [6, 6.07) is 0. The third-order valence-corrected chi connectivity index (χ3v) is 7.25. The summed E-state index contributed by atoms with van der Waals surface area (Å²) in [5, 5.41) is 0. The monoisotopic (exact) mass is 218 g/mol. The van der Waals surface area contributed by atoms with Crippen LogP contribution < -0.4 is 0 Å². The first-order valence-corrected chi connectivity index (χ1v) is 11.6. The van der Waals surface area contributed by atoms with E-state index in [1.54, 1.807) is 0 Å². The van der Waals surface area contributed by atoms with Gasteiger partial charge in [0.25, 0.3) is 0 Å². The Labute approximate surface area is 86.6 Å². The minimum absolute atomic E-state index is 0.0882. The van der Waals surface area contributed by atoms with Crippen LogP contribution in [0.5, 0.6) is 0 Å². The van der Waals surface area contributed by atoms with Crippen LogP contribution in [0.4, 0.5) is 0 Å². The van der Waals surface area contributed by atoms with Crippen LogP contribution in [-0.2, 0) is 4.43 Å². The molecule has 0 spiro atoms. The van der Waals surface area contributed by atoms with Crippen molar-refractivity contribution < 1.29 is 4.43 Å². The van der Waals surface area contributed by atoms with Crippen LogP contribution >= 0.6 is 0 Å². The van der Waals surface area contributed by atoms with Gasteiger partial charge in [-0.3, -0.25) is 0 Å². The van der Waals surface area contributed by atoms with Gasteiger partial charge in [-0.1, -0.05) is 26.6 Å². The first-order valence-electron chi connectivity index (χ1n) is 5.25. The first kappa shape index (κ1) is 13.4. The zero-order valence-electron chi connectivity index (χ0n) is 10.6. The van der Waals surface area contributed by atoms with Crippen molar-refractivity contribution in [3.8, 4) is 0 Å². The molecule has 0 saturated carbocycles. The van der Waals surface area contributed by atoms with Crippen molar-refractivity contribution in [2.24, 2.45) is 0 Å². The van der Waals surface area contributed by atoms with Crippen LogP contribution in [0, 0.1) is 0 Å². The lowest BCUT2D eigenvalue weighted by atomic mass is 10.1. The van der Waals surface area contributed by atoms with E-state index in [4.69, 9.17) is 4.43 Å². The number of hydrogen-bond acceptors (Lipinski definition) is 1. The Morgan fingerprint density at radius 2 is 1.54 bits per heavy atom. The second kappa shape index (κ2) is 4.28. The van der Waals surface area contributed by atoms with Gasteiger partial charge in [-0.25, -0.2) is 0 Å². The van der Waals surface area contributed by atoms with Gasteiger partial charge in [0.15, 0.2) is 9.04 Å². The molecule has 1 unspecified atom stereocenters. The van der Waals surface area contributed by atoms with Crippen LogP contribution in [0.2, 0.25) is 38.3 Å². The zero-order chi connectivity index (χ0) is 10.9. The minimum atomic E-state index is -1.07. The lowest BCUT2D eigenvalue weighted by molar-refractivity contribution is 0.103. The molecular formula is C10H26OSi2. The molecule has 0 saturated heterocycles. The summed E-state index contributed by atoms with van der Waals surface area (Å²) in [6.45, 7) is 18.6. The van der Waals surface area contributed by atoms with Gasteiger partial charge in [0.1, 0.15) is 0 Å². The number of hydrogen-bond donors (Lipinski definition) is 0. The van der Waals surface area contributed by atoms with E-state index in [2.05, 4.69) is 53.5 Å². The molecule has 80 valence electrons. The Hall–Kier alpha value is 0.394. The van der Waals surface area contributed by atoms with Gasteiger partial charge in [-0.05, 0) is 32.5 Å². The second-order valence-electron chi connectivity index (χ2n) is 5.86. The van der Waals surface area contributed by atoms with E-state index >= 15 is 0 Å². The maximum Gasteiger partial charge on any atom is 0.171 e. The molecule has 0 aromatic rings. The fourth-order valence-electron chi connectivity index (χ4n) is 1.75. The average molecular weight is 218 g/mol. The highest BCUT2D eigenvalue weighted by Crippen LogP contribution is 2.35. The molecule has 0 aromatic heterocycles. The molecule has 0 radical (unpaired) electrons. The summed E-state index contributed by atoms with van der Waals surface area (Å²) in [7, 11) is -1.97. The Kier molecular flexibility index (Phi) is 4.41. The molecule has 0 heterocycles. The Balaban J connectivity index is 4.45. The summed E-state index contributed by atoms with van der Waals surface area (Å²) in [6.07, 6.45) is 0. The summed E-state index contributed by atoms with van der Waals surface area (Å²) >= 11 is 0. The van der Waals surface area contributed by atoms with Gasteiger partial charge in [-0.2, -0.15) is 0 Å². The normalized spacial score (nSPS) is 16.4. The molecule has 0 aliphatic heterocycles. The van der Waals surface area contributed by atoms with Gasteiger partial charge in [0.2, 0.25) is 0 Å². The lowest BCUT2D eigenvalue weighted by Crippen LogP contribution is -2.44. The summed E-state index contributed by atoms with van der Waals surface area (Å²) in [4.78, 5) is 0. The predicted octanol–water partition coefficient (Wildman–Crippen LogP) is 3.49. The van der Waals surface area contributed by atoms with Crippen molar-refractivity contribution in [2.75, 3.05) is 0 Å². The highest BCUT2D eigenvalue weighted by atomic mass is 28.3. The smallest absolute Gasteiger partial charge is 0.171 e. The van der Waals surface area contributed by atoms with Crippen LogP contribution in [0.25, 0.3) is 0 Å². The van der Waals surface area contributed by atoms with Crippen molar-refractivity contribution >= 4 is 17.1 Å². The highest BCUT2D eigenvalue weighted by molar-refractivity contribution is 6.77. The average Bonchev–Trinajstić information content (AvgIpc) is 1.80. The van der Waals surface area contributed by atoms with Crippen molar-refractivity contribution in [1.29, 1.82) is 0 Å². The predicted molar refractivity (Wildman–Crippen MR) is 66.8 cm³/mol. The van der Waals surface area contributed by atoms with Crippen molar-refractivity contribution in [1.82, 2.24) is 0 Å². The van der Waals surface area contributed by atoms with E-state index < -0.39 is 17.1 Å². The molecule has 1 atom stereocenters. The number of rotatable bonds is 4. The standard InChI is InChI=1S/C10H26OSi2/c1-9(13(6,7)8)10(2,3)11-12(4)5/h9,12H,1-8H3. The van der Waals surface area contributed by atoms with Crippen LogP contribution in [0.3, 0.4) is 0 Å². The van der Waals surface area contributed by atoms with Gasteiger partial charge in [0, 0.05) is 0 Å². The fourth-order valence-corrected chi connectivity index (χ4v) is 5.46. The van der Waals surface area contributed by atoms with Crippen molar-refractivity contribution in [2.45, 2.75) is 64.6 Å². The van der Waals surface area contributed by atoms with Gasteiger partial charge in [0.05, 0.1) is 13.7 Å². The van der Waals surface area contributed by atoms with Gasteiger partial charge >= 0.3 is 0 Å². The molecule has 0 aliphatic rings. The Morgan fingerprint density at radius 3 is 1.77 bits per heavy atom. The van der Waals surface area contributed by atoms with Crippen molar-refractivity contribution in [3.63, 3.8) is 0 Å². The van der Waals surface area contributed by atoms with E-state index in [1.165, 1.54) is 0 Å². The SMILES string of the molecule is CC(C(C)(C)O[SiH](C)C)[Si](C)(C)C. The maximum absolute atomic E-state index is 6.10. The van der Waals surface area contributed by atoms with E-state index in [0.717, 1.165) is 5.54 Å². The van der Waals surface area contributed by atoms with Crippen LogP contribution in [-0.4, -0.2) is 22.7 Å². The molecule has 0 bridgehead atoms. The van der Waals surface area contributed by atoms with E-state index in [0.29, 0.717) is 0 Å². The maximum atomic E-state index is 6.10. The molecule has 0 aromatic carbocycles. The van der Waals surface area contributed by atoms with Crippen LogP contribution in [0.1, 0.15) is 20.8 Å². The second-order valence-corrected chi connectivity index (χ2v) is 13.8. The molecule has 3 heteroatoms. The van der Waals surface area contributed by atoms with E-state index in [9.17, 15) is 0 Å². The largest absolute Gasteiger partial charge is 0.416 e. The van der Waals surface area contributed by atoms with Crippen molar-refractivity contribution in [3.05, 3.63) is 0 Å². The third-order valence-electron chi connectivity index (χ3n) is 2.88. The third kappa shape index (κ3) is 4.43. The summed E-state index contributed by atoms with van der Waals surface area (Å²) < 4.78 is 6.10. The Bertz CT molecular complexity index is 159. The lowest BCUT2D eigenvalue weighted by Gasteiger charge is -2.40. The first-order chi connectivity index (χ1) is 5.57. The minimum Gasteiger partial charge on any atom is -0.416 e. The summed E-state index contributed by atoms with van der Waals surface area (Å²) in [5.74, 6) is 0. The molecule has 0 N–H and O–H groups in total. The molecule has 0 aliphatic carbocycles. The summed E-state index contributed by atoms with van der Waals surface area (Å²) in [5.41, 5.74) is 0.806. The zero-order valence-corrected chi connectivity index (χ0v) is 12.7. The quantitative estimate of drug-likeness (QED) is 0.656. The molecular weight excluding hydrogens is 192 g/mol. The molecule has 0 fully saturated rings. The molecule has 0 rings (SSSR count). The van der Waals surface area contributed by atoms with Crippen LogP contribution in [0.15, 0.2) is 0 Å². The fraction of sp³-hybridized carbons (Fsp3) is 1.00. The topological polar surface area (TPSA) is 9.23 Å². The Morgan fingerprint density at radius 1 is 1.15 bits per heavy atom. The molecule has 13 heavy (non-hydrogen) atoms. The van der Waals surface area contributed by atoms with E-state index in [1.807, 2.05) is 0 Å². The van der Waals surface area contributed by atoms with E-state index in [-0.39, 0.29) is 5.60 Å². The molecule has 0 amide bonds. The molecule has 1 nitrogen and oxygen atoms in total. The highest BCUT2D eigenvalue weighted by Gasteiger charge is 2.36.